The predicted molar refractivity (Wildman–Crippen MR) is 64.0 cm³/mol. The Balaban J connectivity index is 2.02. The molecule has 1 aromatic rings. The summed E-state index contributed by atoms with van der Waals surface area (Å²) in [6.07, 6.45) is 5.29. The smallest absolute Gasteiger partial charge is 0.127 e. The van der Waals surface area contributed by atoms with Gasteiger partial charge in [-0.25, -0.2) is 4.98 Å². The number of pyridine rings is 1. The van der Waals surface area contributed by atoms with Gasteiger partial charge in [0.25, 0.3) is 0 Å². The molecule has 1 atom stereocenters. The quantitative estimate of drug-likeness (QED) is 0.825. The number of aromatic nitrogens is 1. The Hall–Kier alpha value is -1.56. The summed E-state index contributed by atoms with van der Waals surface area (Å²) in [6.45, 7) is 4.60. The van der Waals surface area contributed by atoms with Gasteiger partial charge >= 0.3 is 0 Å². The zero-order chi connectivity index (χ0) is 11.6. The highest BCUT2D eigenvalue weighted by molar-refractivity contribution is 5.43. The monoisotopic (exact) mass is 215 g/mol. The van der Waals surface area contributed by atoms with Crippen molar-refractivity contribution in [1.82, 2.24) is 4.98 Å². The minimum atomic E-state index is 0.435. The van der Waals surface area contributed by atoms with Gasteiger partial charge in [0.2, 0.25) is 0 Å². The third kappa shape index (κ3) is 2.52. The molecule has 3 heteroatoms. The first-order valence-electron chi connectivity index (χ1n) is 5.72. The van der Waals surface area contributed by atoms with Crippen LogP contribution in [0.4, 0.5) is 5.82 Å². The van der Waals surface area contributed by atoms with Crippen LogP contribution in [0.2, 0.25) is 0 Å². The van der Waals surface area contributed by atoms with Crippen LogP contribution in [0.3, 0.4) is 0 Å². The van der Waals surface area contributed by atoms with E-state index in [2.05, 4.69) is 30.2 Å². The van der Waals surface area contributed by atoms with E-state index in [1.807, 2.05) is 6.07 Å². The van der Waals surface area contributed by atoms with Crippen molar-refractivity contribution in [1.29, 1.82) is 5.26 Å². The molecule has 1 saturated carbocycles. The highest BCUT2D eigenvalue weighted by Crippen LogP contribution is 2.38. The number of nitrogens with zero attached hydrogens (tertiary/aromatic N) is 2. The Morgan fingerprint density at radius 1 is 1.56 bits per heavy atom. The van der Waals surface area contributed by atoms with E-state index in [0.29, 0.717) is 17.0 Å². The third-order valence-corrected chi connectivity index (χ3v) is 3.21. The molecule has 0 spiro atoms. The van der Waals surface area contributed by atoms with Crippen molar-refractivity contribution < 1.29 is 0 Å². The van der Waals surface area contributed by atoms with Gasteiger partial charge in [-0.05, 0) is 36.8 Å². The molecule has 1 aliphatic carbocycles. The number of rotatable bonds is 2. The number of anilines is 1. The standard InChI is InChI=1S/C13H17N3/c1-13(2)5-3-11(8-13)16-12-7-10(9-14)4-6-15-12/h4,6-7,11H,3,5,8H2,1-2H3,(H,15,16). The van der Waals surface area contributed by atoms with Crippen LogP contribution in [-0.4, -0.2) is 11.0 Å². The summed E-state index contributed by atoms with van der Waals surface area (Å²) >= 11 is 0. The van der Waals surface area contributed by atoms with E-state index in [1.165, 1.54) is 19.3 Å². The fourth-order valence-electron chi connectivity index (χ4n) is 2.35. The second-order valence-corrected chi connectivity index (χ2v) is 5.29. The second-order valence-electron chi connectivity index (χ2n) is 5.29. The summed E-state index contributed by atoms with van der Waals surface area (Å²) in [5.41, 5.74) is 1.10. The summed E-state index contributed by atoms with van der Waals surface area (Å²) in [4.78, 5) is 4.24. The second kappa shape index (κ2) is 4.13. The predicted octanol–water partition coefficient (Wildman–Crippen LogP) is 2.94. The Labute approximate surface area is 96.5 Å². The lowest BCUT2D eigenvalue weighted by molar-refractivity contribution is 0.378. The average molecular weight is 215 g/mol. The van der Waals surface area contributed by atoms with Gasteiger partial charge in [0.1, 0.15) is 5.82 Å². The topological polar surface area (TPSA) is 48.7 Å². The van der Waals surface area contributed by atoms with Gasteiger partial charge in [-0.1, -0.05) is 13.8 Å². The van der Waals surface area contributed by atoms with Crippen molar-refractivity contribution in [2.75, 3.05) is 5.32 Å². The molecule has 1 N–H and O–H groups in total. The van der Waals surface area contributed by atoms with Gasteiger partial charge in [0, 0.05) is 12.2 Å². The zero-order valence-corrected chi connectivity index (χ0v) is 9.83. The highest BCUT2D eigenvalue weighted by atomic mass is 15.0. The molecule has 84 valence electrons. The van der Waals surface area contributed by atoms with Crippen LogP contribution in [0.25, 0.3) is 0 Å². The van der Waals surface area contributed by atoms with E-state index in [0.717, 1.165) is 5.82 Å². The Bertz CT molecular complexity index is 417. The molecule has 1 heterocycles. The van der Waals surface area contributed by atoms with Crippen molar-refractivity contribution in [3.8, 4) is 6.07 Å². The summed E-state index contributed by atoms with van der Waals surface area (Å²) in [5.74, 6) is 0.821. The summed E-state index contributed by atoms with van der Waals surface area (Å²) in [7, 11) is 0. The van der Waals surface area contributed by atoms with Gasteiger partial charge in [-0.15, -0.1) is 0 Å². The molecule has 3 nitrogen and oxygen atoms in total. The van der Waals surface area contributed by atoms with Gasteiger partial charge in [-0.3, -0.25) is 0 Å². The molecule has 0 saturated heterocycles. The van der Waals surface area contributed by atoms with Crippen molar-refractivity contribution >= 4 is 5.82 Å². The minimum absolute atomic E-state index is 0.435. The molecule has 16 heavy (non-hydrogen) atoms. The van der Waals surface area contributed by atoms with Crippen molar-refractivity contribution in [3.63, 3.8) is 0 Å². The van der Waals surface area contributed by atoms with E-state index in [9.17, 15) is 0 Å². The molecule has 0 radical (unpaired) electrons. The highest BCUT2D eigenvalue weighted by Gasteiger charge is 2.30. The van der Waals surface area contributed by atoms with Crippen LogP contribution < -0.4 is 5.32 Å². The van der Waals surface area contributed by atoms with Crippen LogP contribution >= 0.6 is 0 Å². The lowest BCUT2D eigenvalue weighted by Gasteiger charge is -2.18. The van der Waals surface area contributed by atoms with E-state index >= 15 is 0 Å². The Kier molecular flexibility index (Phi) is 2.82. The maximum atomic E-state index is 8.80. The molecular formula is C13H17N3. The SMILES string of the molecule is CC1(C)CCC(Nc2cc(C#N)ccn2)C1. The van der Waals surface area contributed by atoms with Crippen molar-refractivity contribution in [2.45, 2.75) is 39.2 Å². The molecule has 1 aromatic heterocycles. The van der Waals surface area contributed by atoms with Crippen molar-refractivity contribution in [3.05, 3.63) is 23.9 Å². The molecule has 1 unspecified atom stereocenters. The van der Waals surface area contributed by atoms with Crippen LogP contribution in [0, 0.1) is 16.7 Å². The lowest BCUT2D eigenvalue weighted by Crippen LogP contribution is -2.18. The van der Waals surface area contributed by atoms with Gasteiger partial charge in [0.05, 0.1) is 11.6 Å². The molecule has 0 bridgehead atoms. The summed E-state index contributed by atoms with van der Waals surface area (Å²) in [5, 5.41) is 12.2. The van der Waals surface area contributed by atoms with Gasteiger partial charge in [0.15, 0.2) is 0 Å². The van der Waals surface area contributed by atoms with Crippen molar-refractivity contribution in [2.24, 2.45) is 5.41 Å². The Morgan fingerprint density at radius 3 is 3.00 bits per heavy atom. The van der Waals surface area contributed by atoms with Gasteiger partial charge in [-0.2, -0.15) is 5.26 Å². The molecule has 0 aliphatic heterocycles. The number of nitrogens with one attached hydrogen (secondary N) is 1. The average Bonchev–Trinajstić information content (AvgIpc) is 2.58. The maximum Gasteiger partial charge on any atom is 0.127 e. The first-order chi connectivity index (χ1) is 7.59. The third-order valence-electron chi connectivity index (χ3n) is 3.21. The normalized spacial score (nSPS) is 22.7. The first-order valence-corrected chi connectivity index (χ1v) is 5.72. The maximum absolute atomic E-state index is 8.80. The molecule has 1 aliphatic rings. The molecular weight excluding hydrogens is 198 g/mol. The minimum Gasteiger partial charge on any atom is -0.367 e. The van der Waals surface area contributed by atoms with Crippen LogP contribution in [0.1, 0.15) is 38.7 Å². The number of nitriles is 1. The number of hydrogen-bond acceptors (Lipinski definition) is 3. The first kappa shape index (κ1) is 10.9. The van der Waals surface area contributed by atoms with E-state index in [4.69, 9.17) is 5.26 Å². The fourth-order valence-corrected chi connectivity index (χ4v) is 2.35. The van der Waals surface area contributed by atoms with E-state index in [1.54, 1.807) is 12.3 Å². The lowest BCUT2D eigenvalue weighted by atomic mass is 9.92. The zero-order valence-electron chi connectivity index (χ0n) is 9.83. The fraction of sp³-hybridized carbons (Fsp3) is 0.538. The van der Waals surface area contributed by atoms with Gasteiger partial charge < -0.3 is 5.32 Å². The molecule has 1 fully saturated rings. The molecule has 0 aromatic carbocycles. The largest absolute Gasteiger partial charge is 0.367 e. The van der Waals surface area contributed by atoms with Crippen LogP contribution in [0.5, 0.6) is 0 Å². The molecule has 2 rings (SSSR count). The summed E-state index contributed by atoms with van der Waals surface area (Å²) in [6, 6.07) is 6.16. The van der Waals surface area contributed by atoms with E-state index < -0.39 is 0 Å². The van der Waals surface area contributed by atoms with Crippen LogP contribution in [-0.2, 0) is 0 Å². The van der Waals surface area contributed by atoms with Crippen LogP contribution in [0.15, 0.2) is 18.3 Å². The number of hydrogen-bond donors (Lipinski definition) is 1. The Morgan fingerprint density at radius 2 is 2.38 bits per heavy atom. The van der Waals surface area contributed by atoms with E-state index in [-0.39, 0.29) is 0 Å². The summed E-state index contributed by atoms with van der Waals surface area (Å²) < 4.78 is 0. The molecule has 0 amide bonds.